The molecule has 2 heterocycles. The molecule has 1 aliphatic heterocycles. The third-order valence-corrected chi connectivity index (χ3v) is 4.25. The molecule has 1 aromatic heterocycles. The third kappa shape index (κ3) is 2.47. The highest BCUT2D eigenvalue weighted by Crippen LogP contribution is 2.28. The van der Waals surface area contributed by atoms with Gasteiger partial charge in [-0.2, -0.15) is 4.37 Å². The van der Waals surface area contributed by atoms with Gasteiger partial charge in [-0.05, 0) is 30.1 Å². The van der Waals surface area contributed by atoms with Crippen molar-refractivity contribution in [2.75, 3.05) is 10.6 Å². The van der Waals surface area contributed by atoms with E-state index in [4.69, 9.17) is 5.11 Å². The van der Waals surface area contributed by atoms with Crippen LogP contribution in [0.1, 0.15) is 21.6 Å². The molecule has 3 N–H and O–H groups in total. The van der Waals surface area contributed by atoms with E-state index in [2.05, 4.69) is 15.0 Å². The first-order chi connectivity index (χ1) is 10.1. The molecule has 1 aromatic carbocycles. The van der Waals surface area contributed by atoms with Gasteiger partial charge in [-0.25, -0.2) is 4.79 Å². The van der Waals surface area contributed by atoms with E-state index in [-0.39, 0.29) is 16.5 Å². The molecule has 21 heavy (non-hydrogen) atoms. The van der Waals surface area contributed by atoms with Crippen molar-refractivity contribution in [3.63, 3.8) is 0 Å². The topological polar surface area (TPSA) is 91.3 Å². The van der Waals surface area contributed by atoms with Gasteiger partial charge in [-0.1, -0.05) is 18.2 Å². The Morgan fingerprint density at radius 1 is 1.43 bits per heavy atom. The van der Waals surface area contributed by atoms with Crippen molar-refractivity contribution in [1.82, 2.24) is 4.37 Å². The summed E-state index contributed by atoms with van der Waals surface area (Å²) in [6, 6.07) is 7.32. The lowest BCUT2D eigenvalue weighted by Gasteiger charge is -2.11. The Morgan fingerprint density at radius 2 is 2.19 bits per heavy atom. The van der Waals surface area contributed by atoms with E-state index in [1.54, 1.807) is 6.92 Å². The monoisotopic (exact) mass is 303 g/mol. The fraction of sp³-hybridized carbons (Fsp3) is 0.214. The van der Waals surface area contributed by atoms with Gasteiger partial charge < -0.3 is 15.7 Å². The van der Waals surface area contributed by atoms with Crippen molar-refractivity contribution in [2.45, 2.75) is 19.4 Å². The van der Waals surface area contributed by atoms with Crippen LogP contribution in [0.15, 0.2) is 24.3 Å². The van der Waals surface area contributed by atoms with E-state index in [9.17, 15) is 9.59 Å². The number of aryl methyl sites for hydroxylation is 1. The molecule has 0 radical (unpaired) electrons. The van der Waals surface area contributed by atoms with Gasteiger partial charge in [0.25, 0.3) is 0 Å². The van der Waals surface area contributed by atoms with Gasteiger partial charge >= 0.3 is 5.97 Å². The lowest BCUT2D eigenvalue weighted by Crippen LogP contribution is -2.32. The summed E-state index contributed by atoms with van der Waals surface area (Å²) in [5.41, 5.74) is 2.49. The maximum Gasteiger partial charge on any atom is 0.340 e. The Bertz CT molecular complexity index is 701. The minimum Gasteiger partial charge on any atom is -0.478 e. The van der Waals surface area contributed by atoms with Crippen LogP contribution < -0.4 is 10.6 Å². The molecule has 7 heteroatoms. The number of aromatic carboxylic acids is 1. The van der Waals surface area contributed by atoms with Crippen LogP contribution in [0.4, 0.5) is 10.7 Å². The van der Waals surface area contributed by atoms with Crippen LogP contribution in [0.5, 0.6) is 0 Å². The molecular formula is C14H13N3O3S. The Labute approximate surface area is 125 Å². The zero-order valence-corrected chi connectivity index (χ0v) is 12.0. The second kappa shape index (κ2) is 5.17. The predicted molar refractivity (Wildman–Crippen MR) is 80.0 cm³/mol. The molecule has 108 valence electrons. The predicted octanol–water partition coefficient (Wildman–Crippen LogP) is 2.13. The van der Waals surface area contributed by atoms with E-state index < -0.39 is 12.0 Å². The van der Waals surface area contributed by atoms with Crippen LogP contribution in [-0.4, -0.2) is 27.4 Å². The third-order valence-electron chi connectivity index (χ3n) is 3.40. The van der Waals surface area contributed by atoms with Gasteiger partial charge in [-0.15, -0.1) is 0 Å². The van der Waals surface area contributed by atoms with Crippen LogP contribution in [0, 0.1) is 6.92 Å². The van der Waals surface area contributed by atoms with E-state index in [0.717, 1.165) is 22.8 Å². The normalized spacial score (nSPS) is 16.1. The molecule has 1 amide bonds. The molecule has 0 fully saturated rings. The quantitative estimate of drug-likeness (QED) is 0.808. The number of anilines is 2. The zero-order valence-electron chi connectivity index (χ0n) is 11.2. The van der Waals surface area contributed by atoms with E-state index >= 15 is 0 Å². The minimum atomic E-state index is -1.08. The van der Waals surface area contributed by atoms with Crippen LogP contribution in [0.2, 0.25) is 0 Å². The largest absolute Gasteiger partial charge is 0.478 e. The summed E-state index contributed by atoms with van der Waals surface area (Å²) in [5.74, 6) is -1.34. The zero-order chi connectivity index (χ0) is 15.0. The molecule has 0 aliphatic carbocycles. The highest BCUT2D eigenvalue weighted by Gasteiger charge is 2.28. The molecule has 1 aliphatic rings. The number of nitrogens with zero attached hydrogens (tertiary/aromatic N) is 1. The van der Waals surface area contributed by atoms with Crippen molar-refractivity contribution in [3.05, 3.63) is 41.1 Å². The Morgan fingerprint density at radius 3 is 2.90 bits per heavy atom. The van der Waals surface area contributed by atoms with Crippen molar-refractivity contribution < 1.29 is 14.7 Å². The number of rotatable bonds is 3. The van der Waals surface area contributed by atoms with Crippen molar-refractivity contribution in [1.29, 1.82) is 0 Å². The summed E-state index contributed by atoms with van der Waals surface area (Å²) in [4.78, 5) is 23.5. The molecule has 0 spiro atoms. The van der Waals surface area contributed by atoms with Crippen molar-refractivity contribution >= 4 is 34.1 Å². The number of carbonyl (C=O) groups excluding carboxylic acids is 1. The number of benzene rings is 1. The van der Waals surface area contributed by atoms with Crippen molar-refractivity contribution in [3.8, 4) is 0 Å². The number of aromatic nitrogens is 1. The van der Waals surface area contributed by atoms with Crippen LogP contribution in [-0.2, 0) is 11.2 Å². The van der Waals surface area contributed by atoms with Crippen molar-refractivity contribution in [2.24, 2.45) is 0 Å². The smallest absolute Gasteiger partial charge is 0.340 e. The molecule has 6 nitrogen and oxygen atoms in total. The maximum atomic E-state index is 12.3. The molecule has 0 saturated heterocycles. The van der Waals surface area contributed by atoms with Gasteiger partial charge in [0.15, 0.2) is 0 Å². The molecule has 3 rings (SSSR count). The minimum absolute atomic E-state index is 0.0591. The van der Waals surface area contributed by atoms with Gasteiger partial charge in [0.05, 0.1) is 5.69 Å². The van der Waals surface area contributed by atoms with Gasteiger partial charge in [-0.3, -0.25) is 4.79 Å². The number of amides is 1. The van der Waals surface area contributed by atoms with E-state index in [1.165, 1.54) is 0 Å². The highest BCUT2D eigenvalue weighted by atomic mass is 32.1. The SMILES string of the molecule is Cc1nsc(NC(=O)[C@@H]2Cc3ccccc3N2)c1C(=O)O. The highest BCUT2D eigenvalue weighted by molar-refractivity contribution is 7.11. The number of carboxylic acids is 1. The van der Waals surface area contributed by atoms with E-state index in [1.807, 2.05) is 24.3 Å². The summed E-state index contributed by atoms with van der Waals surface area (Å²) < 4.78 is 3.98. The second-order valence-corrected chi connectivity index (χ2v) is 5.60. The number of hydrogen-bond donors (Lipinski definition) is 3. The first kappa shape index (κ1) is 13.6. The second-order valence-electron chi connectivity index (χ2n) is 4.82. The van der Waals surface area contributed by atoms with Gasteiger partial charge in [0, 0.05) is 12.1 Å². The molecule has 0 saturated carbocycles. The number of fused-ring (bicyclic) bond motifs is 1. The Kier molecular flexibility index (Phi) is 3.34. The first-order valence-corrected chi connectivity index (χ1v) is 7.18. The maximum absolute atomic E-state index is 12.3. The molecule has 1 atom stereocenters. The van der Waals surface area contributed by atoms with Gasteiger partial charge in [0.2, 0.25) is 5.91 Å². The van der Waals surface area contributed by atoms with Gasteiger partial charge in [0.1, 0.15) is 16.6 Å². The lowest BCUT2D eigenvalue weighted by atomic mass is 10.1. The molecule has 0 bridgehead atoms. The summed E-state index contributed by atoms with van der Waals surface area (Å²) in [5, 5.41) is 15.2. The first-order valence-electron chi connectivity index (χ1n) is 6.41. The number of nitrogens with one attached hydrogen (secondary N) is 2. The number of carbonyl (C=O) groups is 2. The van der Waals surface area contributed by atoms with Crippen LogP contribution >= 0.6 is 11.5 Å². The standard InChI is InChI=1S/C14H13N3O3S/c1-7-11(14(19)20)13(21-17-7)16-12(18)10-6-8-4-2-3-5-9(8)15-10/h2-5,10,15H,6H2,1H3,(H,16,18)(H,19,20)/t10-/m0/s1. The van der Waals surface area contributed by atoms with Crippen LogP contribution in [0.3, 0.4) is 0 Å². The van der Waals surface area contributed by atoms with Crippen LogP contribution in [0.25, 0.3) is 0 Å². The molecule has 0 unspecified atom stereocenters. The summed E-state index contributed by atoms with van der Waals surface area (Å²) in [6.45, 7) is 1.61. The molecule has 2 aromatic rings. The lowest BCUT2D eigenvalue weighted by molar-refractivity contribution is -0.116. The average Bonchev–Trinajstić information content (AvgIpc) is 3.02. The Hall–Kier alpha value is -2.41. The summed E-state index contributed by atoms with van der Waals surface area (Å²) in [6.07, 6.45) is 0.586. The summed E-state index contributed by atoms with van der Waals surface area (Å²) >= 11 is 0.985. The fourth-order valence-electron chi connectivity index (χ4n) is 2.36. The molecular weight excluding hydrogens is 290 g/mol. The fourth-order valence-corrected chi connectivity index (χ4v) is 3.15. The number of para-hydroxylation sites is 1. The average molecular weight is 303 g/mol. The van der Waals surface area contributed by atoms with E-state index in [0.29, 0.717) is 12.1 Å². The Balaban J connectivity index is 1.76. The number of carboxylic acid groups (broad SMARTS) is 1. The summed E-state index contributed by atoms with van der Waals surface area (Å²) in [7, 11) is 0. The number of hydrogen-bond acceptors (Lipinski definition) is 5.